The quantitative estimate of drug-likeness (QED) is 0.538. The second-order valence-corrected chi connectivity index (χ2v) is 6.88. The van der Waals surface area contributed by atoms with E-state index in [1.54, 1.807) is 10.9 Å². The molecule has 1 amide bonds. The molecule has 1 N–H and O–H groups in total. The van der Waals surface area contributed by atoms with Crippen molar-refractivity contribution in [3.8, 4) is 5.75 Å². The van der Waals surface area contributed by atoms with Gasteiger partial charge in [-0.25, -0.2) is 4.68 Å². The van der Waals surface area contributed by atoms with E-state index in [9.17, 15) is 18.0 Å². The van der Waals surface area contributed by atoms with Crippen LogP contribution in [0.2, 0.25) is 5.02 Å². The molecular formula is C19H19ClF3N5O2. The van der Waals surface area contributed by atoms with Crippen LogP contribution < -0.4 is 10.1 Å². The van der Waals surface area contributed by atoms with Crippen LogP contribution in [0, 0.1) is 6.92 Å². The maximum Gasteiger partial charge on any atom is 0.416 e. The summed E-state index contributed by atoms with van der Waals surface area (Å²) in [5, 5.41) is 11.6. The number of nitrogens with zero attached hydrogens (tertiary/aromatic N) is 4. The van der Waals surface area contributed by atoms with Gasteiger partial charge in [-0.05, 0) is 37.6 Å². The molecule has 0 bridgehead atoms. The van der Waals surface area contributed by atoms with Gasteiger partial charge < -0.3 is 10.1 Å². The molecule has 1 aromatic carbocycles. The lowest BCUT2D eigenvalue weighted by molar-refractivity contribution is -0.137. The monoisotopic (exact) mass is 441 g/mol. The number of carbonyl (C=O) groups is 1. The van der Waals surface area contributed by atoms with Crippen LogP contribution in [-0.4, -0.2) is 32.0 Å². The fraction of sp³-hybridized carbons (Fsp3) is 0.316. The van der Waals surface area contributed by atoms with Crippen LogP contribution in [0.5, 0.6) is 5.75 Å². The number of aryl methyl sites for hydroxylation is 2. The average Bonchev–Trinajstić information content (AvgIpc) is 3.30. The molecule has 2 aromatic heterocycles. The molecule has 0 saturated heterocycles. The lowest BCUT2D eigenvalue weighted by Crippen LogP contribution is -2.26. The molecule has 160 valence electrons. The van der Waals surface area contributed by atoms with Gasteiger partial charge in [-0.2, -0.15) is 23.4 Å². The molecule has 2 heterocycles. The lowest BCUT2D eigenvalue weighted by atomic mass is 10.2. The van der Waals surface area contributed by atoms with Crippen molar-refractivity contribution in [1.82, 2.24) is 24.9 Å². The maximum absolute atomic E-state index is 12.7. The fourth-order valence-corrected chi connectivity index (χ4v) is 2.75. The largest absolute Gasteiger partial charge is 0.471 e. The Morgan fingerprint density at radius 3 is 2.73 bits per heavy atom. The van der Waals surface area contributed by atoms with Gasteiger partial charge in [0.2, 0.25) is 0 Å². The van der Waals surface area contributed by atoms with Crippen molar-refractivity contribution in [1.29, 1.82) is 0 Å². The van der Waals surface area contributed by atoms with E-state index < -0.39 is 11.7 Å². The number of aromatic nitrogens is 4. The molecule has 0 fully saturated rings. The summed E-state index contributed by atoms with van der Waals surface area (Å²) in [4.78, 5) is 12.2. The highest BCUT2D eigenvalue weighted by Gasteiger charge is 2.30. The molecule has 3 rings (SSSR count). The zero-order chi connectivity index (χ0) is 21.7. The molecule has 0 radical (unpaired) electrons. The van der Waals surface area contributed by atoms with Gasteiger partial charge >= 0.3 is 6.18 Å². The SMILES string of the molecule is Cc1nn(CCCNC(=O)c2ccn(COc3cccc(C(F)(F)F)c3)n2)cc1Cl. The Kier molecular flexibility index (Phi) is 6.66. The summed E-state index contributed by atoms with van der Waals surface area (Å²) in [6, 6.07) is 6.05. The Morgan fingerprint density at radius 1 is 1.23 bits per heavy atom. The summed E-state index contributed by atoms with van der Waals surface area (Å²) in [7, 11) is 0. The Labute approximate surface area is 175 Å². The van der Waals surface area contributed by atoms with Crippen LogP contribution in [0.3, 0.4) is 0 Å². The number of ether oxygens (including phenoxy) is 1. The minimum Gasteiger partial charge on any atom is -0.471 e. The Bertz CT molecular complexity index is 996. The lowest BCUT2D eigenvalue weighted by Gasteiger charge is -2.10. The van der Waals surface area contributed by atoms with E-state index in [0.717, 1.165) is 17.8 Å². The first-order valence-electron chi connectivity index (χ1n) is 9.03. The molecular weight excluding hydrogens is 423 g/mol. The topological polar surface area (TPSA) is 74.0 Å². The molecule has 0 saturated carbocycles. The van der Waals surface area contributed by atoms with Crippen LogP contribution in [-0.2, 0) is 19.5 Å². The third-order valence-electron chi connectivity index (χ3n) is 4.13. The highest BCUT2D eigenvalue weighted by Crippen LogP contribution is 2.31. The molecule has 30 heavy (non-hydrogen) atoms. The fourth-order valence-electron chi connectivity index (χ4n) is 2.60. The number of carbonyl (C=O) groups excluding carboxylic acids is 1. The van der Waals surface area contributed by atoms with E-state index >= 15 is 0 Å². The van der Waals surface area contributed by atoms with Crippen molar-refractivity contribution in [2.75, 3.05) is 6.54 Å². The maximum atomic E-state index is 12.7. The standard InChI is InChI=1S/C19H19ClF3N5O2/c1-13-16(20)11-27(25-13)8-3-7-24-18(29)17-6-9-28(26-17)12-30-15-5-2-4-14(10-15)19(21,22)23/h2,4-6,9-11H,3,7-8,12H2,1H3,(H,24,29). The first-order valence-corrected chi connectivity index (χ1v) is 9.41. The smallest absolute Gasteiger partial charge is 0.416 e. The average molecular weight is 442 g/mol. The predicted octanol–water partition coefficient (Wildman–Crippen LogP) is 3.92. The minimum absolute atomic E-state index is 0.0558. The van der Waals surface area contributed by atoms with Crippen molar-refractivity contribution >= 4 is 17.5 Å². The molecule has 3 aromatic rings. The molecule has 0 aliphatic heterocycles. The first-order chi connectivity index (χ1) is 14.2. The third kappa shape index (κ3) is 5.76. The summed E-state index contributed by atoms with van der Waals surface area (Å²) < 4.78 is 46.6. The number of benzene rings is 1. The number of nitrogens with one attached hydrogen (secondary N) is 1. The van der Waals surface area contributed by atoms with E-state index in [0.29, 0.717) is 24.5 Å². The van der Waals surface area contributed by atoms with E-state index in [2.05, 4.69) is 15.5 Å². The van der Waals surface area contributed by atoms with Crippen LogP contribution in [0.1, 0.15) is 28.2 Å². The number of alkyl halides is 3. The van der Waals surface area contributed by atoms with Crippen LogP contribution in [0.25, 0.3) is 0 Å². The molecule has 0 unspecified atom stereocenters. The number of rotatable bonds is 8. The summed E-state index contributed by atoms with van der Waals surface area (Å²) in [5.41, 5.74) is 0.132. The highest BCUT2D eigenvalue weighted by atomic mass is 35.5. The normalized spacial score (nSPS) is 11.5. The van der Waals surface area contributed by atoms with Gasteiger partial charge in [0.25, 0.3) is 5.91 Å². The van der Waals surface area contributed by atoms with Gasteiger partial charge in [0.15, 0.2) is 6.73 Å². The molecule has 0 aliphatic carbocycles. The predicted molar refractivity (Wildman–Crippen MR) is 103 cm³/mol. The molecule has 0 aliphatic rings. The Hall–Kier alpha value is -3.01. The van der Waals surface area contributed by atoms with Crippen molar-refractivity contribution in [3.05, 3.63) is 64.7 Å². The van der Waals surface area contributed by atoms with Gasteiger partial charge in [0.1, 0.15) is 11.4 Å². The van der Waals surface area contributed by atoms with E-state index in [-0.39, 0.29) is 24.1 Å². The van der Waals surface area contributed by atoms with Crippen LogP contribution in [0.15, 0.2) is 42.7 Å². The number of amides is 1. The highest BCUT2D eigenvalue weighted by molar-refractivity contribution is 6.31. The second kappa shape index (κ2) is 9.21. The van der Waals surface area contributed by atoms with Crippen molar-refractivity contribution in [2.45, 2.75) is 32.8 Å². The van der Waals surface area contributed by atoms with Gasteiger partial charge in [-0.3, -0.25) is 9.48 Å². The Balaban J connectivity index is 1.45. The zero-order valence-corrected chi connectivity index (χ0v) is 16.7. The van der Waals surface area contributed by atoms with Gasteiger partial charge in [0.05, 0.1) is 16.3 Å². The van der Waals surface area contributed by atoms with Crippen molar-refractivity contribution < 1.29 is 22.7 Å². The summed E-state index contributed by atoms with van der Waals surface area (Å²) >= 11 is 5.94. The minimum atomic E-state index is -4.45. The van der Waals surface area contributed by atoms with Gasteiger partial charge in [-0.1, -0.05) is 17.7 Å². The van der Waals surface area contributed by atoms with Gasteiger partial charge in [0, 0.05) is 25.5 Å². The molecule has 11 heteroatoms. The molecule has 0 spiro atoms. The van der Waals surface area contributed by atoms with Gasteiger partial charge in [-0.15, -0.1) is 0 Å². The third-order valence-corrected chi connectivity index (χ3v) is 4.51. The first kappa shape index (κ1) is 21.7. The summed E-state index contributed by atoms with van der Waals surface area (Å²) in [6.45, 7) is 2.71. The van der Waals surface area contributed by atoms with Crippen molar-refractivity contribution in [2.24, 2.45) is 0 Å². The zero-order valence-electron chi connectivity index (χ0n) is 16.0. The number of hydrogen-bond acceptors (Lipinski definition) is 4. The van der Waals surface area contributed by atoms with Crippen molar-refractivity contribution in [3.63, 3.8) is 0 Å². The Morgan fingerprint density at radius 2 is 2.03 bits per heavy atom. The number of halogens is 4. The number of hydrogen-bond donors (Lipinski definition) is 1. The van der Waals surface area contributed by atoms with Crippen LogP contribution >= 0.6 is 11.6 Å². The van der Waals surface area contributed by atoms with E-state index in [1.165, 1.54) is 29.1 Å². The van der Waals surface area contributed by atoms with E-state index in [4.69, 9.17) is 16.3 Å². The second-order valence-electron chi connectivity index (χ2n) is 6.47. The van der Waals surface area contributed by atoms with Crippen LogP contribution in [0.4, 0.5) is 13.2 Å². The van der Waals surface area contributed by atoms with E-state index in [1.807, 2.05) is 6.92 Å². The summed E-state index contributed by atoms with van der Waals surface area (Å²) in [5.74, 6) is -0.303. The summed E-state index contributed by atoms with van der Waals surface area (Å²) in [6.07, 6.45) is -0.552. The molecule has 7 nitrogen and oxygen atoms in total. The molecule has 0 atom stereocenters.